The Morgan fingerprint density at radius 3 is 2.71 bits per heavy atom. The van der Waals surface area contributed by atoms with Crippen LogP contribution in [0.5, 0.6) is 0 Å². The van der Waals surface area contributed by atoms with Gasteiger partial charge in [0.05, 0.1) is 5.69 Å². The normalized spacial score (nSPS) is 22.6. The number of hydrogen-bond acceptors (Lipinski definition) is 3. The van der Waals surface area contributed by atoms with Crippen LogP contribution in [0.25, 0.3) is 0 Å². The highest BCUT2D eigenvalue weighted by Gasteiger charge is 2.42. The lowest BCUT2D eigenvalue weighted by Gasteiger charge is -2.21. The fourth-order valence-corrected chi connectivity index (χ4v) is 3.64. The molecule has 1 unspecified atom stereocenters. The molecule has 6 nitrogen and oxygen atoms in total. The average molecular weight is 321 g/mol. The second-order valence-electron chi connectivity index (χ2n) is 3.45. The van der Waals surface area contributed by atoms with E-state index >= 15 is 0 Å². The number of aliphatic carboxylic acids is 1. The van der Waals surface area contributed by atoms with Crippen LogP contribution in [-0.4, -0.2) is 32.1 Å². The first kappa shape index (κ1) is 12.3. The fraction of sp³-hybridized carbons (Fsp3) is 0.222. The van der Waals surface area contributed by atoms with E-state index in [1.165, 1.54) is 0 Å². The first-order valence-corrected chi connectivity index (χ1v) is 6.93. The van der Waals surface area contributed by atoms with Crippen molar-refractivity contribution in [1.82, 2.24) is 4.72 Å². The van der Waals surface area contributed by atoms with Crippen LogP contribution in [0.4, 0.5) is 5.69 Å². The monoisotopic (exact) mass is 320 g/mol. The molecular formula is C9H9BrN2O4S. The van der Waals surface area contributed by atoms with Gasteiger partial charge in [-0.2, -0.15) is 13.1 Å². The molecule has 92 valence electrons. The first-order chi connectivity index (χ1) is 7.93. The minimum atomic E-state index is -3.78. The zero-order chi connectivity index (χ0) is 12.6. The maximum atomic E-state index is 11.8. The quantitative estimate of drug-likeness (QED) is 0.833. The van der Waals surface area contributed by atoms with Crippen LogP contribution < -0.4 is 9.03 Å². The van der Waals surface area contributed by atoms with Crippen LogP contribution >= 0.6 is 15.9 Å². The fourth-order valence-electron chi connectivity index (χ4n) is 1.62. The standard InChI is InChI=1S/C9H9BrN2O4S/c10-6-3-1-2-4-7(6)12-8(9(13)14)5-11-17(12,15)16/h1-4,8,11H,5H2,(H,13,14). The van der Waals surface area contributed by atoms with Gasteiger partial charge in [0.25, 0.3) is 0 Å². The second-order valence-corrected chi connectivity index (χ2v) is 5.94. The van der Waals surface area contributed by atoms with Crippen LogP contribution in [0.3, 0.4) is 0 Å². The Hall–Kier alpha value is -1.12. The number of anilines is 1. The summed E-state index contributed by atoms with van der Waals surface area (Å²) in [6.07, 6.45) is 0. The number of nitrogens with zero attached hydrogens (tertiary/aromatic N) is 1. The number of halogens is 1. The molecule has 0 aromatic heterocycles. The van der Waals surface area contributed by atoms with Gasteiger partial charge in [-0.25, -0.2) is 9.10 Å². The van der Waals surface area contributed by atoms with E-state index in [0.29, 0.717) is 10.2 Å². The highest BCUT2D eigenvalue weighted by atomic mass is 79.9. The third-order valence-corrected chi connectivity index (χ3v) is 4.55. The number of para-hydroxylation sites is 1. The number of rotatable bonds is 2. The van der Waals surface area contributed by atoms with Gasteiger partial charge in [0.2, 0.25) is 0 Å². The van der Waals surface area contributed by atoms with Crippen molar-refractivity contribution in [1.29, 1.82) is 0 Å². The molecule has 0 aliphatic carbocycles. The maximum Gasteiger partial charge on any atom is 0.328 e. The summed E-state index contributed by atoms with van der Waals surface area (Å²) >= 11 is 3.21. The number of hydrogen-bond donors (Lipinski definition) is 2. The van der Waals surface area contributed by atoms with Gasteiger partial charge in [0.15, 0.2) is 6.04 Å². The number of carbonyl (C=O) groups is 1. The number of carboxylic acid groups (broad SMARTS) is 1. The summed E-state index contributed by atoms with van der Waals surface area (Å²) in [5, 5.41) is 9.01. The highest BCUT2D eigenvalue weighted by Crippen LogP contribution is 2.31. The third kappa shape index (κ3) is 2.15. The van der Waals surface area contributed by atoms with Gasteiger partial charge in [-0.15, -0.1) is 0 Å². The second kappa shape index (κ2) is 4.28. The molecule has 0 bridgehead atoms. The highest BCUT2D eigenvalue weighted by molar-refractivity contribution is 9.10. The van der Waals surface area contributed by atoms with Crippen molar-refractivity contribution in [3.63, 3.8) is 0 Å². The van der Waals surface area contributed by atoms with E-state index in [9.17, 15) is 13.2 Å². The molecule has 1 aliphatic heterocycles. The van der Waals surface area contributed by atoms with E-state index in [2.05, 4.69) is 20.7 Å². The Labute approximate surface area is 107 Å². The van der Waals surface area contributed by atoms with E-state index < -0.39 is 22.2 Å². The summed E-state index contributed by atoms with van der Waals surface area (Å²) in [6.45, 7) is -0.140. The van der Waals surface area contributed by atoms with Crippen molar-refractivity contribution in [3.8, 4) is 0 Å². The van der Waals surface area contributed by atoms with Crippen LogP contribution in [0.1, 0.15) is 0 Å². The van der Waals surface area contributed by atoms with E-state index in [-0.39, 0.29) is 6.54 Å². The van der Waals surface area contributed by atoms with Gasteiger partial charge in [-0.3, -0.25) is 0 Å². The van der Waals surface area contributed by atoms with Crippen molar-refractivity contribution < 1.29 is 18.3 Å². The van der Waals surface area contributed by atoms with Gasteiger partial charge in [-0.1, -0.05) is 12.1 Å². The molecule has 1 aromatic carbocycles. The lowest BCUT2D eigenvalue weighted by Crippen LogP contribution is -2.40. The van der Waals surface area contributed by atoms with E-state index in [0.717, 1.165) is 4.31 Å². The topological polar surface area (TPSA) is 86.7 Å². The molecule has 2 rings (SSSR count). The van der Waals surface area contributed by atoms with Crippen LogP contribution in [-0.2, 0) is 15.0 Å². The van der Waals surface area contributed by atoms with Gasteiger partial charge in [0.1, 0.15) is 0 Å². The number of carboxylic acids is 1. The summed E-state index contributed by atoms with van der Waals surface area (Å²) in [4.78, 5) is 11.0. The SMILES string of the molecule is O=C(O)C1CNS(=O)(=O)N1c1ccccc1Br. The Kier molecular flexibility index (Phi) is 3.11. The Morgan fingerprint density at radius 1 is 1.47 bits per heavy atom. The molecule has 0 saturated carbocycles. The summed E-state index contributed by atoms with van der Waals surface area (Å²) in [7, 11) is -3.78. The third-order valence-electron chi connectivity index (χ3n) is 2.38. The lowest BCUT2D eigenvalue weighted by atomic mass is 10.2. The molecule has 0 spiro atoms. The zero-order valence-corrected chi connectivity index (χ0v) is 10.9. The van der Waals surface area contributed by atoms with Crippen LogP contribution in [0.15, 0.2) is 28.7 Å². The Morgan fingerprint density at radius 2 is 2.12 bits per heavy atom. The van der Waals surface area contributed by atoms with Crippen molar-refractivity contribution in [2.75, 3.05) is 10.8 Å². The predicted molar refractivity (Wildman–Crippen MR) is 65.0 cm³/mol. The molecule has 1 atom stereocenters. The number of benzene rings is 1. The minimum Gasteiger partial charge on any atom is -0.480 e. The van der Waals surface area contributed by atoms with Gasteiger partial charge < -0.3 is 5.11 Å². The molecule has 1 heterocycles. The molecule has 0 amide bonds. The van der Waals surface area contributed by atoms with E-state index in [1.54, 1.807) is 24.3 Å². The van der Waals surface area contributed by atoms with Crippen molar-refractivity contribution in [3.05, 3.63) is 28.7 Å². The Bertz CT molecular complexity index is 560. The molecule has 1 fully saturated rings. The molecular weight excluding hydrogens is 312 g/mol. The summed E-state index contributed by atoms with van der Waals surface area (Å²) in [6, 6.07) is 5.44. The molecule has 1 aromatic rings. The lowest BCUT2D eigenvalue weighted by molar-refractivity contribution is -0.137. The van der Waals surface area contributed by atoms with Crippen LogP contribution in [0.2, 0.25) is 0 Å². The van der Waals surface area contributed by atoms with Gasteiger partial charge >= 0.3 is 16.2 Å². The minimum absolute atomic E-state index is 0.140. The average Bonchev–Trinajstić information content (AvgIpc) is 2.55. The molecule has 2 N–H and O–H groups in total. The number of nitrogens with one attached hydrogen (secondary N) is 1. The molecule has 1 aliphatic rings. The van der Waals surface area contributed by atoms with E-state index in [4.69, 9.17) is 5.11 Å². The molecule has 1 saturated heterocycles. The van der Waals surface area contributed by atoms with Gasteiger partial charge in [-0.05, 0) is 28.1 Å². The van der Waals surface area contributed by atoms with Gasteiger partial charge in [0, 0.05) is 11.0 Å². The maximum absolute atomic E-state index is 11.8. The summed E-state index contributed by atoms with van der Waals surface area (Å²) in [5.41, 5.74) is 0.310. The molecule has 8 heteroatoms. The van der Waals surface area contributed by atoms with Crippen LogP contribution in [0, 0.1) is 0 Å². The molecule has 0 radical (unpaired) electrons. The van der Waals surface area contributed by atoms with E-state index in [1.807, 2.05) is 0 Å². The van der Waals surface area contributed by atoms with Crippen molar-refractivity contribution in [2.45, 2.75) is 6.04 Å². The zero-order valence-electron chi connectivity index (χ0n) is 8.50. The predicted octanol–water partition coefficient (Wildman–Crippen LogP) is 0.557. The smallest absolute Gasteiger partial charge is 0.328 e. The largest absolute Gasteiger partial charge is 0.480 e. The molecule has 17 heavy (non-hydrogen) atoms. The van der Waals surface area contributed by atoms with Crippen molar-refractivity contribution in [2.24, 2.45) is 0 Å². The first-order valence-electron chi connectivity index (χ1n) is 4.70. The Balaban J connectivity index is 2.54. The van der Waals surface area contributed by atoms with Crippen molar-refractivity contribution >= 4 is 37.8 Å². The summed E-state index contributed by atoms with van der Waals surface area (Å²) in [5.74, 6) is -1.19. The summed E-state index contributed by atoms with van der Waals surface area (Å²) < 4.78 is 27.1.